The molecular weight excluding hydrogens is 572 g/mol. The first-order chi connectivity index (χ1) is 21.7. The van der Waals surface area contributed by atoms with Gasteiger partial charge in [-0.05, 0) is 36.1 Å². The summed E-state index contributed by atoms with van der Waals surface area (Å²) in [6, 6.07) is 8.80. The van der Waals surface area contributed by atoms with Crippen LogP contribution in [0.2, 0.25) is 0 Å². The van der Waals surface area contributed by atoms with E-state index in [0.29, 0.717) is 19.8 Å². The highest BCUT2D eigenvalue weighted by Crippen LogP contribution is 2.25. The largest absolute Gasteiger partial charge is 0.481 e. The summed E-state index contributed by atoms with van der Waals surface area (Å²) < 4.78 is 7.90. The molecule has 4 rings (SSSR count). The van der Waals surface area contributed by atoms with Crippen molar-refractivity contribution in [1.29, 1.82) is 0 Å². The van der Waals surface area contributed by atoms with Gasteiger partial charge in [0.15, 0.2) is 5.82 Å². The Morgan fingerprint density at radius 3 is 2.56 bits per heavy atom. The number of nitrogens with zero attached hydrogens (tertiary/aromatic N) is 5. The fourth-order valence-electron chi connectivity index (χ4n) is 5.68. The highest BCUT2D eigenvalue weighted by molar-refractivity contribution is 5.87. The molecule has 2 aromatic heterocycles. The lowest BCUT2D eigenvalue weighted by atomic mass is 10.0. The second kappa shape index (κ2) is 17.1. The van der Waals surface area contributed by atoms with Crippen LogP contribution in [0, 0.1) is 12.8 Å². The Morgan fingerprint density at radius 1 is 1.04 bits per heavy atom. The summed E-state index contributed by atoms with van der Waals surface area (Å²) in [6.07, 6.45) is 5.34. The number of aliphatic carboxylic acids is 1. The van der Waals surface area contributed by atoms with Gasteiger partial charge in [-0.3, -0.25) is 19.4 Å². The quantitative estimate of drug-likeness (QED) is 0.156. The molecule has 1 unspecified atom stereocenters. The number of rotatable bonds is 18. The summed E-state index contributed by atoms with van der Waals surface area (Å²) in [7, 11) is 0. The van der Waals surface area contributed by atoms with Gasteiger partial charge in [-0.15, -0.1) is 0 Å². The number of aromatic nitrogens is 3. The van der Waals surface area contributed by atoms with E-state index < -0.39 is 11.9 Å². The minimum absolute atomic E-state index is 0.166. The molecule has 0 bridgehead atoms. The molecule has 246 valence electrons. The maximum Gasteiger partial charge on any atom is 0.304 e. The zero-order valence-electron chi connectivity index (χ0n) is 27.1. The highest BCUT2D eigenvalue weighted by atomic mass is 16.5. The number of aryl methyl sites for hydroxylation is 1. The number of hydrogen-bond donors (Lipinski definition) is 4. The van der Waals surface area contributed by atoms with Gasteiger partial charge >= 0.3 is 5.97 Å². The maximum absolute atomic E-state index is 11.9. The Labute approximate surface area is 266 Å². The van der Waals surface area contributed by atoms with E-state index in [2.05, 4.69) is 73.2 Å². The summed E-state index contributed by atoms with van der Waals surface area (Å²) in [5, 5.41) is 15.0. The lowest BCUT2D eigenvalue weighted by Gasteiger charge is -2.34. The van der Waals surface area contributed by atoms with Gasteiger partial charge in [-0.2, -0.15) is 4.98 Å². The second-order valence-electron chi connectivity index (χ2n) is 12.0. The first kappa shape index (κ1) is 34.1. The van der Waals surface area contributed by atoms with Crippen LogP contribution in [0.4, 0.5) is 11.8 Å². The molecular formula is C33H50N8O4. The van der Waals surface area contributed by atoms with Gasteiger partial charge in [0.05, 0.1) is 25.2 Å². The lowest BCUT2D eigenvalue weighted by Crippen LogP contribution is -2.46. The van der Waals surface area contributed by atoms with Crippen LogP contribution in [0.25, 0.3) is 11.0 Å². The molecule has 1 fully saturated rings. The normalized spacial score (nSPS) is 14.9. The van der Waals surface area contributed by atoms with E-state index in [0.717, 1.165) is 75.6 Å². The van der Waals surface area contributed by atoms with Gasteiger partial charge in [-0.1, -0.05) is 44.9 Å². The Bertz CT molecular complexity index is 1400. The van der Waals surface area contributed by atoms with E-state index in [4.69, 9.17) is 15.6 Å². The topological polar surface area (TPSA) is 151 Å². The molecule has 1 aliphatic heterocycles. The number of anilines is 2. The van der Waals surface area contributed by atoms with Crippen LogP contribution in [0.5, 0.6) is 0 Å². The van der Waals surface area contributed by atoms with Crippen LogP contribution in [-0.2, 0) is 27.4 Å². The Kier molecular flexibility index (Phi) is 13.0. The number of nitrogens with one attached hydrogen (secondary N) is 2. The second-order valence-corrected chi connectivity index (χ2v) is 12.0. The average Bonchev–Trinajstić information content (AvgIpc) is 3.41. The smallest absolute Gasteiger partial charge is 0.304 e. The number of nitrogen functional groups attached to an aromatic ring is 1. The Balaban J connectivity index is 1.20. The summed E-state index contributed by atoms with van der Waals surface area (Å²) in [6.45, 7) is 14.8. The number of carbonyl (C=O) groups is 2. The molecule has 3 aromatic rings. The van der Waals surface area contributed by atoms with Crippen LogP contribution >= 0.6 is 0 Å². The van der Waals surface area contributed by atoms with Crippen LogP contribution in [0.15, 0.2) is 30.5 Å². The SMILES string of the molecule is CCCCCNc1nc(N)nc2ccn(Cc3ccc(CN4CCN(CCOCCNC(=O)C(C)CC(=O)O)CC4)cc3C)c12. The van der Waals surface area contributed by atoms with Crippen LogP contribution in [-0.4, -0.2) is 100 Å². The molecule has 0 spiro atoms. The van der Waals surface area contributed by atoms with Gasteiger partial charge in [0, 0.05) is 71.0 Å². The van der Waals surface area contributed by atoms with Crippen LogP contribution in [0.3, 0.4) is 0 Å². The van der Waals surface area contributed by atoms with Crippen LogP contribution in [0.1, 0.15) is 56.2 Å². The maximum atomic E-state index is 11.9. The van der Waals surface area contributed by atoms with Crippen molar-refractivity contribution >= 4 is 34.7 Å². The molecule has 1 aliphatic rings. The number of carboxylic acid groups (broad SMARTS) is 1. The van der Waals surface area contributed by atoms with E-state index in [9.17, 15) is 9.59 Å². The molecule has 1 aromatic carbocycles. The summed E-state index contributed by atoms with van der Waals surface area (Å²) >= 11 is 0. The van der Waals surface area contributed by atoms with Crippen molar-refractivity contribution < 1.29 is 19.4 Å². The minimum atomic E-state index is -0.970. The first-order valence-corrected chi connectivity index (χ1v) is 16.2. The third kappa shape index (κ3) is 10.4. The Hall–Kier alpha value is -3.74. The molecule has 0 radical (unpaired) electrons. The lowest BCUT2D eigenvalue weighted by molar-refractivity contribution is -0.140. The number of unbranched alkanes of at least 4 members (excludes halogenated alkanes) is 2. The van der Waals surface area contributed by atoms with E-state index in [1.165, 1.54) is 29.5 Å². The molecule has 45 heavy (non-hydrogen) atoms. The van der Waals surface area contributed by atoms with Gasteiger partial charge in [0.1, 0.15) is 5.52 Å². The summed E-state index contributed by atoms with van der Waals surface area (Å²) in [5.74, 6) is -0.679. The average molecular weight is 623 g/mol. The number of fused-ring (bicyclic) bond motifs is 1. The van der Waals surface area contributed by atoms with E-state index in [-0.39, 0.29) is 18.3 Å². The van der Waals surface area contributed by atoms with Crippen molar-refractivity contribution in [2.24, 2.45) is 5.92 Å². The molecule has 1 amide bonds. The summed E-state index contributed by atoms with van der Waals surface area (Å²) in [5.41, 5.74) is 11.7. The van der Waals surface area contributed by atoms with Crippen molar-refractivity contribution in [3.05, 3.63) is 47.2 Å². The van der Waals surface area contributed by atoms with Gasteiger partial charge in [-0.25, -0.2) is 4.98 Å². The molecule has 1 saturated heterocycles. The van der Waals surface area contributed by atoms with E-state index in [1.54, 1.807) is 6.92 Å². The first-order valence-electron chi connectivity index (χ1n) is 16.2. The van der Waals surface area contributed by atoms with Crippen molar-refractivity contribution in [3.8, 4) is 0 Å². The number of ether oxygens (including phenoxy) is 1. The molecule has 12 nitrogen and oxygen atoms in total. The van der Waals surface area contributed by atoms with Gasteiger partial charge in [0.25, 0.3) is 0 Å². The van der Waals surface area contributed by atoms with Crippen molar-refractivity contribution in [3.63, 3.8) is 0 Å². The molecule has 1 atom stereocenters. The third-order valence-corrected chi connectivity index (χ3v) is 8.35. The highest BCUT2D eigenvalue weighted by Gasteiger charge is 2.18. The predicted molar refractivity (Wildman–Crippen MR) is 177 cm³/mol. The zero-order valence-corrected chi connectivity index (χ0v) is 27.1. The third-order valence-electron chi connectivity index (χ3n) is 8.35. The van der Waals surface area contributed by atoms with Crippen molar-refractivity contribution in [2.75, 3.05) is 70.1 Å². The minimum Gasteiger partial charge on any atom is -0.481 e. The number of piperazine rings is 1. The fourth-order valence-corrected chi connectivity index (χ4v) is 5.68. The molecule has 5 N–H and O–H groups in total. The number of carbonyl (C=O) groups excluding carboxylic acids is 1. The number of carboxylic acids is 1. The predicted octanol–water partition coefficient (Wildman–Crippen LogP) is 3.33. The van der Waals surface area contributed by atoms with Gasteiger partial charge < -0.3 is 30.8 Å². The monoisotopic (exact) mass is 622 g/mol. The Morgan fingerprint density at radius 2 is 1.82 bits per heavy atom. The molecule has 3 heterocycles. The number of nitrogens with two attached hydrogens (primary N) is 1. The fraction of sp³-hybridized carbons (Fsp3) is 0.576. The van der Waals surface area contributed by atoms with Gasteiger partial charge in [0.2, 0.25) is 11.9 Å². The standard InChI is InChI=1S/C33H50N8O4/c1-4-5-6-10-35-31-30-28(37-33(34)38-31)9-12-41(30)23-27-8-7-26(20-24(27)2)22-40-15-13-39(14-16-40)17-19-45-18-11-36-32(44)25(3)21-29(42)43/h7-9,12,20,25H,4-6,10-11,13-19,21-23H2,1-3H3,(H,36,44)(H,42,43)(H3,34,35,37,38). The zero-order chi connectivity index (χ0) is 32.2. The number of hydrogen-bond acceptors (Lipinski definition) is 9. The van der Waals surface area contributed by atoms with Crippen molar-refractivity contribution in [2.45, 2.75) is 59.5 Å². The number of benzene rings is 1. The molecule has 0 saturated carbocycles. The number of amides is 1. The molecule has 0 aliphatic carbocycles. The van der Waals surface area contributed by atoms with E-state index in [1.807, 2.05) is 6.07 Å². The van der Waals surface area contributed by atoms with E-state index >= 15 is 0 Å². The molecule has 12 heteroatoms. The van der Waals surface area contributed by atoms with Crippen LogP contribution < -0.4 is 16.4 Å². The van der Waals surface area contributed by atoms with Crippen molar-refractivity contribution in [1.82, 2.24) is 29.7 Å². The summed E-state index contributed by atoms with van der Waals surface area (Å²) in [4.78, 5) is 36.5.